The number of nitrogens with zero attached hydrogens (tertiary/aromatic N) is 1. The smallest absolute Gasteiger partial charge is 0.0411 e. The molecule has 0 aromatic heterocycles. The van der Waals surface area contributed by atoms with Crippen LogP contribution in [0.3, 0.4) is 0 Å². The van der Waals surface area contributed by atoms with Crippen LogP contribution in [0.25, 0.3) is 17.2 Å². The molecule has 5 rings (SSSR count). The fraction of sp³-hybridized carbons (Fsp3) is 0.312. The van der Waals surface area contributed by atoms with E-state index in [0.29, 0.717) is 0 Å². The third kappa shape index (κ3) is 3.84. The summed E-state index contributed by atoms with van der Waals surface area (Å²) in [6.07, 6.45) is 19.0. The molecule has 0 spiro atoms. The van der Waals surface area contributed by atoms with E-state index < -0.39 is 0 Å². The molecule has 0 fully saturated rings. The first-order valence-electron chi connectivity index (χ1n) is 12.5. The standard InChI is InChI=1S/C32H35N/c1-5-10-23(6-2)14-15-24-16-18-27-28-19-17-26(22-30(28)32(3,4)29(27)21-24)33-20-9-12-25-11-7-8-13-31(25)33/h6-7,10-11,14-19,21-22H,2,5,8-9,12-13,20H2,1,3-4H3/b15-14+,23-10+. The summed E-state index contributed by atoms with van der Waals surface area (Å²) in [5.74, 6) is 0. The lowest BCUT2D eigenvalue weighted by atomic mass is 9.81. The number of hydrogen-bond donors (Lipinski definition) is 0. The van der Waals surface area contributed by atoms with E-state index >= 15 is 0 Å². The molecule has 2 aliphatic carbocycles. The monoisotopic (exact) mass is 433 g/mol. The van der Waals surface area contributed by atoms with Crippen molar-refractivity contribution >= 4 is 11.8 Å². The van der Waals surface area contributed by atoms with E-state index in [1.165, 1.54) is 58.3 Å². The van der Waals surface area contributed by atoms with Gasteiger partial charge < -0.3 is 4.90 Å². The summed E-state index contributed by atoms with van der Waals surface area (Å²) >= 11 is 0. The van der Waals surface area contributed by atoms with Crippen molar-refractivity contribution < 1.29 is 0 Å². The number of hydrogen-bond acceptors (Lipinski definition) is 1. The molecular formula is C32H35N. The van der Waals surface area contributed by atoms with Crippen LogP contribution in [0.15, 0.2) is 90.2 Å². The molecule has 0 radical (unpaired) electrons. The summed E-state index contributed by atoms with van der Waals surface area (Å²) in [6.45, 7) is 12.0. The zero-order valence-corrected chi connectivity index (χ0v) is 20.3. The maximum Gasteiger partial charge on any atom is 0.0411 e. The van der Waals surface area contributed by atoms with E-state index in [1.54, 1.807) is 11.3 Å². The van der Waals surface area contributed by atoms with Gasteiger partial charge in [-0.15, -0.1) is 0 Å². The Morgan fingerprint density at radius 3 is 2.64 bits per heavy atom. The largest absolute Gasteiger partial charge is 0.345 e. The lowest BCUT2D eigenvalue weighted by Crippen LogP contribution is -2.29. The Balaban J connectivity index is 1.51. The first-order valence-corrected chi connectivity index (χ1v) is 12.5. The fourth-order valence-electron chi connectivity index (χ4n) is 5.75. The maximum atomic E-state index is 3.94. The van der Waals surface area contributed by atoms with Crippen molar-refractivity contribution in [1.29, 1.82) is 0 Å². The van der Waals surface area contributed by atoms with Gasteiger partial charge in [0, 0.05) is 23.3 Å². The molecule has 1 aliphatic heterocycles. The number of anilines is 1. The third-order valence-corrected chi connectivity index (χ3v) is 7.53. The molecular weight excluding hydrogens is 398 g/mol. The van der Waals surface area contributed by atoms with Crippen LogP contribution < -0.4 is 4.90 Å². The molecule has 0 saturated heterocycles. The molecule has 0 N–H and O–H groups in total. The summed E-state index contributed by atoms with van der Waals surface area (Å²) in [5.41, 5.74) is 12.5. The Morgan fingerprint density at radius 2 is 1.85 bits per heavy atom. The molecule has 0 saturated carbocycles. The first-order chi connectivity index (χ1) is 16.0. The van der Waals surface area contributed by atoms with Crippen LogP contribution in [0.2, 0.25) is 0 Å². The molecule has 0 atom stereocenters. The van der Waals surface area contributed by atoms with Crippen molar-refractivity contribution in [2.45, 2.75) is 58.3 Å². The summed E-state index contributed by atoms with van der Waals surface area (Å²) in [4.78, 5) is 2.59. The lowest BCUT2D eigenvalue weighted by Gasteiger charge is -2.35. The van der Waals surface area contributed by atoms with E-state index in [0.717, 1.165) is 19.4 Å². The number of rotatable bonds is 5. The highest BCUT2D eigenvalue weighted by molar-refractivity contribution is 5.84. The van der Waals surface area contributed by atoms with Gasteiger partial charge in [0.05, 0.1) is 0 Å². The Bertz CT molecular complexity index is 1220. The first kappa shape index (κ1) is 21.8. The Labute approximate surface area is 199 Å². The van der Waals surface area contributed by atoms with Crippen LogP contribution in [0.1, 0.15) is 69.6 Å². The van der Waals surface area contributed by atoms with Gasteiger partial charge in [-0.05, 0) is 83.2 Å². The number of fused-ring (bicyclic) bond motifs is 3. The van der Waals surface area contributed by atoms with Crippen LogP contribution in [0.4, 0.5) is 5.69 Å². The highest BCUT2D eigenvalue weighted by Gasteiger charge is 2.36. The Hall–Kier alpha value is -3.06. The van der Waals surface area contributed by atoms with E-state index in [1.807, 2.05) is 6.08 Å². The molecule has 0 amide bonds. The topological polar surface area (TPSA) is 3.24 Å². The van der Waals surface area contributed by atoms with E-state index in [2.05, 4.69) is 99.0 Å². The number of allylic oxidation sites excluding steroid dienone is 8. The Kier molecular flexibility index (Phi) is 5.74. The minimum absolute atomic E-state index is 0.00941. The molecule has 1 heteroatoms. The van der Waals surface area contributed by atoms with E-state index in [-0.39, 0.29) is 5.41 Å². The molecule has 1 heterocycles. The SMILES string of the molecule is C=CC(/C=C/c1ccc2c(c1)C(C)(C)c1cc(N3CCCC4=C3CCC=C4)ccc1-2)=C\CC. The highest BCUT2D eigenvalue weighted by Crippen LogP contribution is 2.50. The second-order valence-electron chi connectivity index (χ2n) is 9.98. The van der Waals surface area contributed by atoms with Crippen molar-refractivity contribution in [3.05, 3.63) is 107 Å². The van der Waals surface area contributed by atoms with Gasteiger partial charge >= 0.3 is 0 Å². The minimum Gasteiger partial charge on any atom is -0.345 e. The van der Waals surface area contributed by atoms with Crippen molar-refractivity contribution in [3.8, 4) is 11.1 Å². The van der Waals surface area contributed by atoms with Gasteiger partial charge in [-0.2, -0.15) is 0 Å². The second-order valence-corrected chi connectivity index (χ2v) is 9.98. The lowest BCUT2D eigenvalue weighted by molar-refractivity contribution is 0.657. The molecule has 2 aromatic carbocycles. The van der Waals surface area contributed by atoms with Crippen LogP contribution in [0.5, 0.6) is 0 Å². The molecule has 0 unspecified atom stereocenters. The average molecular weight is 434 g/mol. The van der Waals surface area contributed by atoms with Crippen molar-refractivity contribution in [1.82, 2.24) is 0 Å². The minimum atomic E-state index is -0.00941. The fourth-order valence-corrected chi connectivity index (χ4v) is 5.75. The predicted octanol–water partition coefficient (Wildman–Crippen LogP) is 8.73. The summed E-state index contributed by atoms with van der Waals surface area (Å²) < 4.78 is 0. The van der Waals surface area contributed by atoms with Crippen molar-refractivity contribution in [2.75, 3.05) is 11.4 Å². The normalized spacial score (nSPS) is 19.0. The van der Waals surface area contributed by atoms with E-state index in [4.69, 9.17) is 0 Å². The summed E-state index contributed by atoms with van der Waals surface area (Å²) in [7, 11) is 0. The van der Waals surface area contributed by atoms with Gasteiger partial charge in [-0.25, -0.2) is 0 Å². The van der Waals surface area contributed by atoms with Gasteiger partial charge in [0.25, 0.3) is 0 Å². The zero-order valence-electron chi connectivity index (χ0n) is 20.3. The average Bonchev–Trinajstić information content (AvgIpc) is 3.07. The maximum absolute atomic E-state index is 3.94. The summed E-state index contributed by atoms with van der Waals surface area (Å²) in [6, 6.07) is 14.1. The molecule has 168 valence electrons. The third-order valence-electron chi connectivity index (χ3n) is 7.53. The van der Waals surface area contributed by atoms with E-state index in [9.17, 15) is 0 Å². The van der Waals surface area contributed by atoms with Gasteiger partial charge in [0.2, 0.25) is 0 Å². The molecule has 0 bridgehead atoms. The molecule has 3 aliphatic rings. The predicted molar refractivity (Wildman–Crippen MR) is 144 cm³/mol. The van der Waals surface area contributed by atoms with Gasteiger partial charge in [0.15, 0.2) is 0 Å². The van der Waals surface area contributed by atoms with Crippen molar-refractivity contribution in [3.63, 3.8) is 0 Å². The van der Waals surface area contributed by atoms with Gasteiger partial charge in [-0.1, -0.05) is 88.1 Å². The molecule has 33 heavy (non-hydrogen) atoms. The molecule has 2 aromatic rings. The van der Waals surface area contributed by atoms with Crippen molar-refractivity contribution in [2.24, 2.45) is 0 Å². The van der Waals surface area contributed by atoms with Crippen LogP contribution in [-0.4, -0.2) is 6.54 Å². The van der Waals surface area contributed by atoms with Crippen LogP contribution in [0, 0.1) is 0 Å². The summed E-state index contributed by atoms with van der Waals surface area (Å²) in [5, 5.41) is 0. The van der Waals surface area contributed by atoms with Gasteiger partial charge in [-0.3, -0.25) is 0 Å². The number of benzene rings is 2. The molecule has 1 nitrogen and oxygen atoms in total. The second kappa shape index (κ2) is 8.71. The quantitative estimate of drug-likeness (QED) is 0.426. The highest BCUT2D eigenvalue weighted by atomic mass is 15.1. The van der Waals surface area contributed by atoms with Gasteiger partial charge in [0.1, 0.15) is 0 Å². The van der Waals surface area contributed by atoms with Crippen LogP contribution in [-0.2, 0) is 5.41 Å². The zero-order chi connectivity index (χ0) is 23.0. The van der Waals surface area contributed by atoms with Crippen LogP contribution >= 0.6 is 0 Å². The Morgan fingerprint density at radius 1 is 1.06 bits per heavy atom.